The van der Waals surface area contributed by atoms with Crippen molar-refractivity contribution in [1.82, 2.24) is 0 Å². The Kier molecular flexibility index (Phi) is 5.29. The van der Waals surface area contributed by atoms with E-state index < -0.39 is 4.92 Å². The fourth-order valence-corrected chi connectivity index (χ4v) is 1.51. The van der Waals surface area contributed by atoms with Crippen molar-refractivity contribution in [2.75, 3.05) is 6.61 Å². The summed E-state index contributed by atoms with van der Waals surface area (Å²) in [4.78, 5) is 10.1. The van der Waals surface area contributed by atoms with Crippen molar-refractivity contribution in [3.05, 3.63) is 33.9 Å². The molecule has 1 aliphatic rings. The fourth-order valence-electron chi connectivity index (χ4n) is 1.51. The Labute approximate surface area is 112 Å². The normalized spacial score (nSPS) is 15.3. The first-order valence-corrected chi connectivity index (χ1v) is 6.14. The topological polar surface area (TPSA) is 90.8 Å². The molecule has 104 valence electrons. The average molecular weight is 265 g/mol. The standard InChI is InChI=1S/C9H9N3O3.C4H10/c10-11-8-3-4-15-9-2-1-6(12(13)14)5-7(8)9;1-4(2)3/h1-2,5H,3-4,10H2;4H,1-3H3/b11-8+;. The van der Waals surface area contributed by atoms with Crippen molar-refractivity contribution < 1.29 is 9.66 Å². The predicted octanol–water partition coefficient (Wildman–Crippen LogP) is 2.70. The highest BCUT2D eigenvalue weighted by molar-refractivity contribution is 6.04. The lowest BCUT2D eigenvalue weighted by Gasteiger charge is -2.17. The highest BCUT2D eigenvalue weighted by Gasteiger charge is 2.19. The molecule has 2 N–H and O–H groups in total. The van der Waals surface area contributed by atoms with Crippen LogP contribution in [0.3, 0.4) is 0 Å². The van der Waals surface area contributed by atoms with E-state index in [1.54, 1.807) is 6.07 Å². The number of fused-ring (bicyclic) bond motifs is 1. The average Bonchev–Trinajstić information content (AvgIpc) is 2.36. The summed E-state index contributed by atoms with van der Waals surface area (Å²) < 4.78 is 5.33. The molecular weight excluding hydrogens is 246 g/mol. The lowest BCUT2D eigenvalue weighted by atomic mass is 10.0. The summed E-state index contributed by atoms with van der Waals surface area (Å²) in [5.74, 6) is 6.63. The highest BCUT2D eigenvalue weighted by atomic mass is 16.6. The lowest BCUT2D eigenvalue weighted by molar-refractivity contribution is -0.384. The minimum atomic E-state index is -0.455. The van der Waals surface area contributed by atoms with Crippen molar-refractivity contribution in [1.29, 1.82) is 0 Å². The third-order valence-electron chi connectivity index (χ3n) is 2.24. The zero-order chi connectivity index (χ0) is 14.4. The van der Waals surface area contributed by atoms with E-state index in [1.807, 2.05) is 0 Å². The largest absolute Gasteiger partial charge is 0.492 e. The Bertz CT molecular complexity index is 481. The van der Waals surface area contributed by atoms with Crippen LogP contribution < -0.4 is 10.6 Å². The van der Waals surface area contributed by atoms with Crippen LogP contribution in [0.15, 0.2) is 23.3 Å². The van der Waals surface area contributed by atoms with E-state index in [0.29, 0.717) is 30.1 Å². The number of hydrogen-bond donors (Lipinski definition) is 1. The highest BCUT2D eigenvalue weighted by Crippen LogP contribution is 2.28. The number of nitrogens with two attached hydrogens (primary N) is 1. The van der Waals surface area contributed by atoms with E-state index in [2.05, 4.69) is 25.9 Å². The number of ether oxygens (including phenoxy) is 1. The van der Waals surface area contributed by atoms with Crippen LogP contribution in [0.1, 0.15) is 32.8 Å². The smallest absolute Gasteiger partial charge is 0.270 e. The second-order valence-electron chi connectivity index (χ2n) is 4.84. The maximum absolute atomic E-state index is 10.6. The van der Waals surface area contributed by atoms with Gasteiger partial charge >= 0.3 is 0 Å². The molecule has 19 heavy (non-hydrogen) atoms. The first-order valence-electron chi connectivity index (χ1n) is 6.14. The van der Waals surface area contributed by atoms with Gasteiger partial charge in [-0.2, -0.15) is 5.10 Å². The van der Waals surface area contributed by atoms with Gasteiger partial charge in [-0.25, -0.2) is 0 Å². The van der Waals surface area contributed by atoms with Gasteiger partial charge in [0.05, 0.1) is 17.2 Å². The van der Waals surface area contributed by atoms with Crippen molar-refractivity contribution in [3.63, 3.8) is 0 Å². The van der Waals surface area contributed by atoms with Gasteiger partial charge in [0.2, 0.25) is 0 Å². The van der Waals surface area contributed by atoms with E-state index in [-0.39, 0.29) is 5.69 Å². The predicted molar refractivity (Wildman–Crippen MR) is 74.4 cm³/mol. The van der Waals surface area contributed by atoms with Gasteiger partial charge in [-0.15, -0.1) is 0 Å². The molecule has 1 aromatic carbocycles. The Hall–Kier alpha value is -2.11. The molecule has 6 nitrogen and oxygen atoms in total. The maximum atomic E-state index is 10.6. The SMILES string of the molecule is CC(C)C.N/N=C1\CCOc2ccc([N+](=O)[O-])cc21. The van der Waals surface area contributed by atoms with Gasteiger partial charge in [0.1, 0.15) is 5.75 Å². The summed E-state index contributed by atoms with van der Waals surface area (Å²) in [5, 5.41) is 14.2. The zero-order valence-corrected chi connectivity index (χ0v) is 11.4. The van der Waals surface area contributed by atoms with E-state index in [4.69, 9.17) is 10.6 Å². The minimum absolute atomic E-state index is 0.0143. The van der Waals surface area contributed by atoms with Crippen molar-refractivity contribution in [2.45, 2.75) is 27.2 Å². The molecule has 0 saturated carbocycles. The number of non-ortho nitro benzene ring substituents is 1. The molecule has 0 atom stereocenters. The molecule has 0 bridgehead atoms. The summed E-state index contributed by atoms with van der Waals surface area (Å²) in [7, 11) is 0. The Balaban J connectivity index is 0.000000399. The molecule has 1 aliphatic heterocycles. The van der Waals surface area contributed by atoms with Crippen LogP contribution in [-0.4, -0.2) is 17.2 Å². The summed E-state index contributed by atoms with van der Waals surface area (Å²) in [6, 6.07) is 4.40. The van der Waals surface area contributed by atoms with Gasteiger partial charge in [-0.05, 0) is 12.0 Å². The molecule has 0 aromatic heterocycles. The zero-order valence-electron chi connectivity index (χ0n) is 11.4. The number of nitrogens with zero attached hydrogens (tertiary/aromatic N) is 2. The summed E-state index contributed by atoms with van der Waals surface area (Å²) in [6.07, 6.45) is 0.574. The van der Waals surface area contributed by atoms with Gasteiger partial charge < -0.3 is 10.6 Å². The molecule has 0 amide bonds. The first kappa shape index (κ1) is 14.9. The second kappa shape index (κ2) is 6.72. The Morgan fingerprint density at radius 1 is 1.42 bits per heavy atom. The van der Waals surface area contributed by atoms with E-state index in [1.165, 1.54) is 12.1 Å². The van der Waals surface area contributed by atoms with E-state index in [9.17, 15) is 10.1 Å². The quantitative estimate of drug-likeness (QED) is 0.480. The molecule has 0 fully saturated rings. The van der Waals surface area contributed by atoms with Crippen LogP contribution in [-0.2, 0) is 0 Å². The van der Waals surface area contributed by atoms with E-state index >= 15 is 0 Å². The molecule has 0 spiro atoms. The summed E-state index contributed by atoms with van der Waals surface area (Å²) >= 11 is 0. The summed E-state index contributed by atoms with van der Waals surface area (Å²) in [5.41, 5.74) is 1.26. The fraction of sp³-hybridized carbons (Fsp3) is 0.462. The van der Waals surface area contributed by atoms with Crippen LogP contribution in [0.4, 0.5) is 5.69 Å². The molecule has 0 aliphatic carbocycles. The monoisotopic (exact) mass is 265 g/mol. The molecule has 0 radical (unpaired) electrons. The minimum Gasteiger partial charge on any atom is -0.492 e. The third-order valence-corrected chi connectivity index (χ3v) is 2.24. The number of rotatable bonds is 1. The Morgan fingerprint density at radius 3 is 2.58 bits per heavy atom. The molecule has 1 heterocycles. The van der Waals surface area contributed by atoms with Gasteiger partial charge in [-0.3, -0.25) is 10.1 Å². The molecule has 1 aromatic rings. The molecule has 2 rings (SSSR count). The van der Waals surface area contributed by atoms with Gasteiger partial charge in [0, 0.05) is 24.1 Å². The number of nitro groups is 1. The first-order chi connectivity index (χ1) is 8.95. The molecule has 6 heteroatoms. The number of benzene rings is 1. The van der Waals surface area contributed by atoms with Crippen molar-refractivity contribution >= 4 is 11.4 Å². The lowest BCUT2D eigenvalue weighted by Crippen LogP contribution is -2.17. The second-order valence-corrected chi connectivity index (χ2v) is 4.84. The van der Waals surface area contributed by atoms with Crippen molar-refractivity contribution in [3.8, 4) is 5.75 Å². The molecule has 0 unspecified atom stereocenters. The summed E-state index contributed by atoms with van der Waals surface area (Å²) in [6.45, 7) is 7.00. The van der Waals surface area contributed by atoms with Gasteiger partial charge in [0.25, 0.3) is 5.69 Å². The number of nitro benzene ring substituents is 1. The van der Waals surface area contributed by atoms with E-state index in [0.717, 1.165) is 5.92 Å². The molecular formula is C13H19N3O3. The van der Waals surface area contributed by atoms with Crippen LogP contribution in [0.5, 0.6) is 5.75 Å². The van der Waals surface area contributed by atoms with Gasteiger partial charge in [0.15, 0.2) is 0 Å². The Morgan fingerprint density at radius 2 is 2.05 bits per heavy atom. The van der Waals surface area contributed by atoms with Crippen molar-refractivity contribution in [2.24, 2.45) is 16.9 Å². The van der Waals surface area contributed by atoms with Crippen LogP contribution in [0.25, 0.3) is 0 Å². The molecule has 0 saturated heterocycles. The van der Waals surface area contributed by atoms with Crippen LogP contribution >= 0.6 is 0 Å². The van der Waals surface area contributed by atoms with Gasteiger partial charge in [-0.1, -0.05) is 20.8 Å². The third kappa shape index (κ3) is 4.24. The van der Waals surface area contributed by atoms with Crippen LogP contribution in [0.2, 0.25) is 0 Å². The number of hydrazone groups is 1. The maximum Gasteiger partial charge on any atom is 0.270 e. The van der Waals surface area contributed by atoms with Crippen LogP contribution in [0, 0.1) is 16.0 Å². The number of hydrogen-bond acceptors (Lipinski definition) is 5.